The van der Waals surface area contributed by atoms with Gasteiger partial charge in [-0.1, -0.05) is 36.2 Å². The molecule has 0 saturated carbocycles. The molecular formula is C4H10NaO3S-. The first-order valence-electron chi connectivity index (χ1n) is 2.26. The second kappa shape index (κ2) is 8.91. The Morgan fingerprint density at radius 1 is 1.44 bits per heavy atom. The van der Waals surface area contributed by atoms with Crippen molar-refractivity contribution in [3.8, 4) is 0 Å². The van der Waals surface area contributed by atoms with Crippen molar-refractivity contribution in [1.29, 1.82) is 0 Å². The van der Waals surface area contributed by atoms with Crippen molar-refractivity contribution in [3.05, 3.63) is 0 Å². The first kappa shape index (κ1) is 16.5. The molecule has 52 valence electrons. The summed E-state index contributed by atoms with van der Waals surface area (Å²) < 4.78 is 19.9. The van der Waals surface area contributed by atoms with E-state index < -0.39 is 10.7 Å². The van der Waals surface area contributed by atoms with Crippen molar-refractivity contribution >= 4 is 10.7 Å². The van der Waals surface area contributed by atoms with Crippen molar-refractivity contribution in [2.45, 2.75) is 25.5 Å². The van der Waals surface area contributed by atoms with Crippen LogP contribution in [0.5, 0.6) is 0 Å². The molecule has 9 heavy (non-hydrogen) atoms. The SMILES string of the molecule is CCC(C)[S-](=O)=O.[Na+].[OH-]. The van der Waals surface area contributed by atoms with Crippen molar-refractivity contribution < 1.29 is 43.5 Å². The van der Waals surface area contributed by atoms with Gasteiger partial charge in [0.15, 0.2) is 0 Å². The molecule has 0 saturated heterocycles. The molecule has 0 aromatic rings. The van der Waals surface area contributed by atoms with Gasteiger partial charge in [0, 0.05) is 0 Å². The monoisotopic (exact) mass is 161 g/mol. The molecular weight excluding hydrogens is 151 g/mol. The van der Waals surface area contributed by atoms with E-state index in [4.69, 9.17) is 0 Å². The van der Waals surface area contributed by atoms with E-state index >= 15 is 0 Å². The Hall–Kier alpha value is 0.910. The van der Waals surface area contributed by atoms with Crippen LogP contribution in [0.4, 0.5) is 0 Å². The number of hydrogen-bond acceptors (Lipinski definition) is 4. The van der Waals surface area contributed by atoms with Gasteiger partial charge in [0.2, 0.25) is 0 Å². The van der Waals surface area contributed by atoms with Crippen molar-refractivity contribution in [2.75, 3.05) is 0 Å². The van der Waals surface area contributed by atoms with Crippen molar-refractivity contribution in [3.63, 3.8) is 0 Å². The average molecular weight is 161 g/mol. The van der Waals surface area contributed by atoms with Crippen LogP contribution >= 0.6 is 0 Å². The van der Waals surface area contributed by atoms with Crippen molar-refractivity contribution in [2.24, 2.45) is 0 Å². The molecule has 0 aliphatic rings. The summed E-state index contributed by atoms with van der Waals surface area (Å²) >= 11 is 0. The summed E-state index contributed by atoms with van der Waals surface area (Å²) in [5.41, 5.74) is 0. The quantitative estimate of drug-likeness (QED) is 0.345. The molecule has 0 aliphatic carbocycles. The van der Waals surface area contributed by atoms with Crippen LogP contribution < -0.4 is 29.6 Å². The first-order valence-corrected chi connectivity index (χ1v) is 3.40. The molecule has 0 radical (unpaired) electrons. The van der Waals surface area contributed by atoms with Gasteiger partial charge in [0.25, 0.3) is 0 Å². The fraction of sp³-hybridized carbons (Fsp3) is 1.00. The van der Waals surface area contributed by atoms with E-state index in [0.29, 0.717) is 6.42 Å². The summed E-state index contributed by atoms with van der Waals surface area (Å²) in [6, 6.07) is 0. The largest absolute Gasteiger partial charge is 1.00 e. The van der Waals surface area contributed by atoms with E-state index in [1.165, 1.54) is 0 Å². The summed E-state index contributed by atoms with van der Waals surface area (Å²) in [5.74, 6) is 0. The molecule has 1 unspecified atom stereocenters. The predicted molar refractivity (Wildman–Crippen MR) is 30.4 cm³/mol. The molecule has 0 aromatic carbocycles. The van der Waals surface area contributed by atoms with Gasteiger partial charge in [-0.3, -0.25) is 0 Å². The normalized spacial score (nSPS) is 11.4. The zero-order valence-electron chi connectivity index (χ0n) is 5.96. The number of hydrogen-bond donors (Lipinski definition) is 0. The van der Waals surface area contributed by atoms with Gasteiger partial charge in [0.1, 0.15) is 0 Å². The fourth-order valence-electron chi connectivity index (χ4n) is 0.136. The smallest absolute Gasteiger partial charge is 0.870 e. The van der Waals surface area contributed by atoms with Crippen LogP contribution in [0.15, 0.2) is 0 Å². The van der Waals surface area contributed by atoms with Crippen LogP contribution in [0.25, 0.3) is 0 Å². The summed E-state index contributed by atoms with van der Waals surface area (Å²) in [4.78, 5) is 0. The van der Waals surface area contributed by atoms with Gasteiger partial charge in [-0.15, -0.1) is 0 Å². The predicted octanol–water partition coefficient (Wildman–Crippen LogP) is -2.08. The first-order chi connectivity index (χ1) is 3.18. The molecule has 0 spiro atoms. The number of rotatable bonds is 2. The Bertz CT molecular complexity index is 104. The average Bonchev–Trinajstić information content (AvgIpc) is 1.65. The minimum absolute atomic E-state index is 0. The maximum absolute atomic E-state index is 9.93. The summed E-state index contributed by atoms with van der Waals surface area (Å²) in [6.07, 6.45) is 0.704. The third kappa shape index (κ3) is 8.91. The van der Waals surface area contributed by atoms with Crippen LogP contribution in [0.2, 0.25) is 0 Å². The molecule has 1 atom stereocenters. The van der Waals surface area contributed by atoms with E-state index in [1.807, 2.05) is 6.92 Å². The van der Waals surface area contributed by atoms with Gasteiger partial charge in [0.05, 0.1) is 0 Å². The van der Waals surface area contributed by atoms with Gasteiger partial charge in [-0.05, 0) is 0 Å². The zero-order chi connectivity index (χ0) is 5.86. The summed E-state index contributed by atoms with van der Waals surface area (Å²) in [7, 11) is -1.86. The standard InChI is InChI=1S/C4H9O2S.Na.H2O/c1-3-4(2)7(5)6;;/h4H,3H2,1-2H3;;1H2/q-1;+1;/p-1. The van der Waals surface area contributed by atoms with Crippen molar-refractivity contribution in [1.82, 2.24) is 0 Å². The topological polar surface area (TPSA) is 64.1 Å². The van der Waals surface area contributed by atoms with Crippen LogP contribution in [-0.2, 0) is 19.1 Å². The Labute approximate surface area is 79.4 Å². The van der Waals surface area contributed by atoms with E-state index in [-0.39, 0.29) is 40.3 Å². The molecule has 1 N–H and O–H groups in total. The fourth-order valence-corrected chi connectivity index (χ4v) is 0.408. The van der Waals surface area contributed by atoms with Crippen LogP contribution in [-0.4, -0.2) is 10.7 Å². The van der Waals surface area contributed by atoms with Gasteiger partial charge in [-0.2, -0.15) is 0 Å². The molecule has 0 fully saturated rings. The summed E-state index contributed by atoms with van der Waals surface area (Å²) in [6.45, 7) is 3.53. The van der Waals surface area contributed by atoms with E-state index in [0.717, 1.165) is 0 Å². The Morgan fingerprint density at radius 3 is 1.78 bits per heavy atom. The third-order valence-electron chi connectivity index (χ3n) is 0.903. The second-order valence-electron chi connectivity index (χ2n) is 1.48. The van der Waals surface area contributed by atoms with E-state index in [9.17, 15) is 8.42 Å². The molecule has 5 heteroatoms. The van der Waals surface area contributed by atoms with Gasteiger partial charge >= 0.3 is 29.6 Å². The maximum Gasteiger partial charge on any atom is 1.00 e. The Morgan fingerprint density at radius 2 is 1.78 bits per heavy atom. The van der Waals surface area contributed by atoms with Crippen LogP contribution in [0.1, 0.15) is 20.3 Å². The van der Waals surface area contributed by atoms with E-state index in [1.54, 1.807) is 6.92 Å². The minimum Gasteiger partial charge on any atom is -0.870 e. The molecule has 3 nitrogen and oxygen atoms in total. The molecule has 0 heterocycles. The third-order valence-corrected chi connectivity index (χ3v) is 1.89. The molecule has 0 bridgehead atoms. The Kier molecular flexibility index (Phi) is 16.3. The van der Waals surface area contributed by atoms with Crippen LogP contribution in [0.3, 0.4) is 0 Å². The molecule has 0 rings (SSSR count). The van der Waals surface area contributed by atoms with E-state index in [2.05, 4.69) is 0 Å². The van der Waals surface area contributed by atoms with Gasteiger partial charge in [-0.25, -0.2) is 0 Å². The van der Waals surface area contributed by atoms with Gasteiger partial charge < -0.3 is 13.9 Å². The maximum atomic E-state index is 9.93. The molecule has 0 amide bonds. The minimum atomic E-state index is -1.86. The second-order valence-corrected chi connectivity index (χ2v) is 2.81. The zero-order valence-corrected chi connectivity index (χ0v) is 8.77. The van der Waals surface area contributed by atoms with Crippen LogP contribution in [0, 0.1) is 0 Å². The molecule has 0 aliphatic heterocycles. The summed E-state index contributed by atoms with van der Waals surface area (Å²) in [5, 5.41) is -0.181. The Balaban J connectivity index is -0.000000180. The molecule has 0 aromatic heterocycles.